The van der Waals surface area contributed by atoms with Crippen LogP contribution in [0, 0.1) is 0 Å². The number of nitrogens with two attached hydrogens (primary N) is 1. The van der Waals surface area contributed by atoms with Gasteiger partial charge in [0.1, 0.15) is 5.75 Å². The minimum Gasteiger partial charge on any atom is -0.489 e. The third-order valence-corrected chi connectivity index (χ3v) is 2.22. The van der Waals surface area contributed by atoms with Crippen molar-refractivity contribution >= 4 is 17.6 Å². The Hall–Kier alpha value is -2.08. The van der Waals surface area contributed by atoms with Crippen molar-refractivity contribution in [1.29, 1.82) is 0 Å². The van der Waals surface area contributed by atoms with E-state index in [0.717, 1.165) is 0 Å². The Kier molecular flexibility index (Phi) is 5.32. The van der Waals surface area contributed by atoms with Gasteiger partial charge in [0, 0.05) is 0 Å². The molecule has 3 N–H and O–H groups in total. The lowest BCUT2D eigenvalue weighted by Gasteiger charge is -2.15. The molecule has 1 aromatic carbocycles. The topological polar surface area (TPSA) is 90.7 Å². The average molecular weight is 266 g/mol. The van der Waals surface area contributed by atoms with E-state index in [1.807, 2.05) is 13.8 Å². The second-order valence-electron chi connectivity index (χ2n) is 4.12. The van der Waals surface area contributed by atoms with Crippen LogP contribution in [0.2, 0.25) is 0 Å². The largest absolute Gasteiger partial charge is 0.489 e. The maximum atomic E-state index is 11.5. The second-order valence-corrected chi connectivity index (χ2v) is 4.12. The van der Waals surface area contributed by atoms with Crippen molar-refractivity contribution in [3.8, 4) is 5.75 Å². The lowest BCUT2D eigenvalue weighted by atomic mass is 10.2. The summed E-state index contributed by atoms with van der Waals surface area (Å²) < 4.78 is 10.2. The lowest BCUT2D eigenvalue weighted by Crippen LogP contribution is -2.22. The van der Waals surface area contributed by atoms with Gasteiger partial charge in [0.05, 0.1) is 31.0 Å². The van der Waals surface area contributed by atoms with Gasteiger partial charge < -0.3 is 20.5 Å². The molecule has 0 aliphatic heterocycles. The van der Waals surface area contributed by atoms with Crippen LogP contribution < -0.4 is 15.8 Å². The molecule has 0 aliphatic rings. The lowest BCUT2D eigenvalue weighted by molar-refractivity contribution is -0.114. The van der Waals surface area contributed by atoms with Crippen molar-refractivity contribution in [1.82, 2.24) is 0 Å². The highest BCUT2D eigenvalue weighted by atomic mass is 16.5. The fourth-order valence-electron chi connectivity index (χ4n) is 1.42. The normalized spacial score (nSPS) is 10.2. The monoisotopic (exact) mass is 266 g/mol. The van der Waals surface area contributed by atoms with Crippen LogP contribution in [0.5, 0.6) is 5.75 Å². The predicted octanol–water partition coefficient (Wildman–Crippen LogP) is 1.16. The highest BCUT2D eigenvalue weighted by Gasteiger charge is 2.13. The molecule has 0 unspecified atom stereocenters. The van der Waals surface area contributed by atoms with Crippen molar-refractivity contribution in [2.45, 2.75) is 20.0 Å². The van der Waals surface area contributed by atoms with Crippen molar-refractivity contribution < 1.29 is 19.1 Å². The molecule has 19 heavy (non-hydrogen) atoms. The van der Waals surface area contributed by atoms with Gasteiger partial charge >= 0.3 is 5.97 Å². The number of esters is 1. The third-order valence-electron chi connectivity index (χ3n) is 2.22. The average Bonchev–Trinajstić information content (AvgIpc) is 2.38. The fraction of sp³-hybridized carbons (Fsp3) is 0.385. The summed E-state index contributed by atoms with van der Waals surface area (Å²) in [4.78, 5) is 22.8. The zero-order chi connectivity index (χ0) is 14.4. The van der Waals surface area contributed by atoms with Gasteiger partial charge in [-0.2, -0.15) is 0 Å². The van der Waals surface area contributed by atoms with E-state index >= 15 is 0 Å². The molecule has 6 heteroatoms. The van der Waals surface area contributed by atoms with Gasteiger partial charge in [-0.25, -0.2) is 4.79 Å². The van der Waals surface area contributed by atoms with Crippen molar-refractivity contribution in [3.63, 3.8) is 0 Å². The van der Waals surface area contributed by atoms with Crippen LogP contribution in [0.25, 0.3) is 0 Å². The first-order valence-corrected chi connectivity index (χ1v) is 5.86. The molecule has 0 aliphatic carbocycles. The highest BCUT2D eigenvalue weighted by molar-refractivity contribution is 5.95. The van der Waals surface area contributed by atoms with E-state index in [2.05, 4.69) is 10.1 Å². The standard InChI is InChI=1S/C13H18N2O4/c1-8(2)19-11-6-9(13(17)18-3)4-5-10(11)15-12(16)7-14/h4-6,8H,7,14H2,1-3H3,(H,15,16). The quantitative estimate of drug-likeness (QED) is 0.780. The summed E-state index contributed by atoms with van der Waals surface area (Å²) in [6, 6.07) is 4.65. The van der Waals surface area contributed by atoms with Crippen LogP contribution in [0.1, 0.15) is 24.2 Å². The van der Waals surface area contributed by atoms with Gasteiger partial charge in [0.2, 0.25) is 5.91 Å². The number of rotatable bonds is 5. The second kappa shape index (κ2) is 6.75. The minimum absolute atomic E-state index is 0.0959. The number of carbonyl (C=O) groups is 2. The number of nitrogens with one attached hydrogen (secondary N) is 1. The smallest absolute Gasteiger partial charge is 0.337 e. The summed E-state index contributed by atoms with van der Waals surface area (Å²) in [6.07, 6.45) is -0.0959. The Morgan fingerprint density at radius 1 is 1.37 bits per heavy atom. The zero-order valence-electron chi connectivity index (χ0n) is 11.2. The first-order chi connectivity index (χ1) is 8.97. The number of hydrogen-bond acceptors (Lipinski definition) is 5. The Morgan fingerprint density at radius 2 is 2.05 bits per heavy atom. The van der Waals surface area contributed by atoms with Gasteiger partial charge in [-0.3, -0.25) is 4.79 Å². The number of benzene rings is 1. The third kappa shape index (κ3) is 4.26. The molecule has 0 bridgehead atoms. The number of hydrogen-bond donors (Lipinski definition) is 2. The number of methoxy groups -OCH3 is 1. The van der Waals surface area contributed by atoms with E-state index in [1.165, 1.54) is 13.2 Å². The van der Waals surface area contributed by atoms with Crippen LogP contribution in [0.3, 0.4) is 0 Å². The van der Waals surface area contributed by atoms with Gasteiger partial charge in [-0.05, 0) is 32.0 Å². The Balaban J connectivity index is 3.08. The molecule has 0 atom stereocenters. The molecular formula is C13H18N2O4. The van der Waals surface area contributed by atoms with Gasteiger partial charge in [-0.15, -0.1) is 0 Å². The summed E-state index contributed by atoms with van der Waals surface area (Å²) >= 11 is 0. The maximum absolute atomic E-state index is 11.5. The van der Waals surface area contributed by atoms with E-state index in [4.69, 9.17) is 10.5 Å². The molecule has 1 aromatic rings. The van der Waals surface area contributed by atoms with E-state index in [0.29, 0.717) is 17.0 Å². The van der Waals surface area contributed by atoms with Crippen molar-refractivity contribution in [2.75, 3.05) is 19.0 Å². The molecule has 0 spiro atoms. The van der Waals surface area contributed by atoms with Gasteiger partial charge in [0.25, 0.3) is 0 Å². The first kappa shape index (κ1) is 15.0. The van der Waals surface area contributed by atoms with Crippen LogP contribution in [-0.2, 0) is 9.53 Å². The molecule has 6 nitrogen and oxygen atoms in total. The first-order valence-electron chi connectivity index (χ1n) is 5.86. The van der Waals surface area contributed by atoms with Crippen LogP contribution >= 0.6 is 0 Å². The molecular weight excluding hydrogens is 248 g/mol. The zero-order valence-corrected chi connectivity index (χ0v) is 11.2. The molecule has 0 radical (unpaired) electrons. The Morgan fingerprint density at radius 3 is 2.58 bits per heavy atom. The summed E-state index contributed by atoms with van der Waals surface area (Å²) in [5.74, 6) is -0.399. The summed E-state index contributed by atoms with van der Waals surface area (Å²) in [6.45, 7) is 3.57. The highest BCUT2D eigenvalue weighted by Crippen LogP contribution is 2.27. The van der Waals surface area contributed by atoms with E-state index in [1.54, 1.807) is 12.1 Å². The molecule has 0 saturated carbocycles. The van der Waals surface area contributed by atoms with Crippen LogP contribution in [0.4, 0.5) is 5.69 Å². The fourth-order valence-corrected chi connectivity index (χ4v) is 1.42. The minimum atomic E-state index is -0.467. The molecule has 0 saturated heterocycles. The number of anilines is 1. The van der Waals surface area contributed by atoms with E-state index in [9.17, 15) is 9.59 Å². The van der Waals surface area contributed by atoms with Crippen molar-refractivity contribution in [3.05, 3.63) is 23.8 Å². The molecule has 104 valence electrons. The summed E-state index contributed by atoms with van der Waals surface area (Å²) in [7, 11) is 1.30. The molecule has 1 amide bonds. The van der Waals surface area contributed by atoms with E-state index < -0.39 is 5.97 Å². The molecule has 0 heterocycles. The Labute approximate surface area is 111 Å². The van der Waals surface area contributed by atoms with Gasteiger partial charge in [0.15, 0.2) is 0 Å². The number of carbonyl (C=O) groups excluding carboxylic acids is 2. The molecule has 1 rings (SSSR count). The Bertz CT molecular complexity index is 472. The predicted molar refractivity (Wildman–Crippen MR) is 71.2 cm³/mol. The van der Waals surface area contributed by atoms with Crippen LogP contribution in [0.15, 0.2) is 18.2 Å². The number of amides is 1. The maximum Gasteiger partial charge on any atom is 0.337 e. The summed E-state index contributed by atoms with van der Waals surface area (Å²) in [5.41, 5.74) is 6.06. The van der Waals surface area contributed by atoms with Crippen LogP contribution in [-0.4, -0.2) is 31.6 Å². The van der Waals surface area contributed by atoms with Gasteiger partial charge in [-0.1, -0.05) is 0 Å². The number of ether oxygens (including phenoxy) is 2. The molecule has 0 fully saturated rings. The summed E-state index contributed by atoms with van der Waals surface area (Å²) in [5, 5.41) is 2.61. The SMILES string of the molecule is COC(=O)c1ccc(NC(=O)CN)c(OC(C)C)c1. The van der Waals surface area contributed by atoms with Crippen molar-refractivity contribution in [2.24, 2.45) is 5.73 Å². The molecule has 0 aromatic heterocycles. The van der Waals surface area contributed by atoms with E-state index in [-0.39, 0.29) is 18.6 Å².